The van der Waals surface area contributed by atoms with Crippen molar-refractivity contribution in [1.29, 1.82) is 0 Å². The minimum atomic E-state index is -0.527. The van der Waals surface area contributed by atoms with Crippen LogP contribution in [-0.4, -0.2) is 14.5 Å². The Hall–Kier alpha value is -6.58. The second-order valence-electron chi connectivity index (χ2n) is 13.7. The first kappa shape index (κ1) is 26.4. The Bertz CT molecular complexity index is 3070. The molecule has 0 radical (unpaired) electrons. The third-order valence-electron chi connectivity index (χ3n) is 11.4. The van der Waals surface area contributed by atoms with Crippen molar-refractivity contribution in [2.24, 2.45) is 0 Å². The minimum Gasteiger partial charge on any atom is -0.278 e. The normalized spacial score (nSPS) is 13.8. The van der Waals surface area contributed by atoms with Gasteiger partial charge < -0.3 is 0 Å². The number of hydrogen-bond acceptors (Lipinski definition) is 2. The second kappa shape index (κ2) is 9.31. The van der Waals surface area contributed by atoms with Crippen LogP contribution in [0.5, 0.6) is 0 Å². The SMILES string of the molecule is c1ccc2c(c1)-c1ccccc1C21c2ccccc2-c2c1c1c(c3ccccc23)c2ccccc2n1-c1ncc2cc3ccccc3cc2n1. The molecule has 0 fully saturated rings. The van der Waals surface area contributed by atoms with Gasteiger partial charge in [-0.05, 0) is 78.7 Å². The highest BCUT2D eigenvalue weighted by atomic mass is 15.2. The summed E-state index contributed by atoms with van der Waals surface area (Å²) in [5.74, 6) is 0.683. The van der Waals surface area contributed by atoms with Gasteiger partial charge >= 0.3 is 0 Å². The van der Waals surface area contributed by atoms with Crippen molar-refractivity contribution in [3.63, 3.8) is 0 Å². The van der Waals surface area contributed by atoms with E-state index in [1.807, 2.05) is 6.20 Å². The van der Waals surface area contributed by atoms with Gasteiger partial charge in [-0.25, -0.2) is 9.97 Å². The van der Waals surface area contributed by atoms with E-state index in [0.29, 0.717) is 5.95 Å². The smallest absolute Gasteiger partial charge is 0.235 e. The molecule has 2 aliphatic rings. The summed E-state index contributed by atoms with van der Waals surface area (Å²) in [6.45, 7) is 0. The summed E-state index contributed by atoms with van der Waals surface area (Å²) in [5, 5.41) is 8.36. The van der Waals surface area contributed by atoms with Crippen molar-refractivity contribution in [2.75, 3.05) is 0 Å². The molecular weight excluding hydrogens is 607 g/mol. The summed E-state index contributed by atoms with van der Waals surface area (Å²) in [4.78, 5) is 10.5. The third kappa shape index (κ3) is 3.07. The van der Waals surface area contributed by atoms with Crippen LogP contribution in [0.3, 0.4) is 0 Å². The average molecular weight is 634 g/mol. The van der Waals surface area contributed by atoms with Crippen molar-refractivity contribution >= 4 is 54.3 Å². The maximum atomic E-state index is 5.38. The molecule has 3 nitrogen and oxygen atoms in total. The minimum absolute atomic E-state index is 0.527. The molecule has 0 amide bonds. The molecular formula is C47H27N3. The molecule has 0 unspecified atom stereocenters. The predicted molar refractivity (Wildman–Crippen MR) is 205 cm³/mol. The fraction of sp³-hybridized carbons (Fsp3) is 0.0213. The Morgan fingerprint density at radius 2 is 1.04 bits per heavy atom. The van der Waals surface area contributed by atoms with Gasteiger partial charge in [0.25, 0.3) is 0 Å². The van der Waals surface area contributed by atoms with Crippen molar-refractivity contribution in [3.05, 3.63) is 186 Å². The summed E-state index contributed by atoms with van der Waals surface area (Å²) in [6.07, 6.45) is 2.00. The van der Waals surface area contributed by atoms with E-state index in [2.05, 4.69) is 162 Å². The molecule has 2 aliphatic carbocycles. The zero-order valence-corrected chi connectivity index (χ0v) is 26.9. The molecule has 0 aliphatic heterocycles. The first-order valence-electron chi connectivity index (χ1n) is 17.3. The van der Waals surface area contributed by atoms with Crippen LogP contribution < -0.4 is 0 Å². The van der Waals surface area contributed by atoms with E-state index in [1.54, 1.807) is 0 Å². The first-order chi connectivity index (χ1) is 24.8. The molecule has 0 atom stereocenters. The van der Waals surface area contributed by atoms with Gasteiger partial charge in [0, 0.05) is 27.9 Å². The molecule has 2 heterocycles. The fourth-order valence-corrected chi connectivity index (χ4v) is 9.55. The van der Waals surface area contributed by atoms with Gasteiger partial charge in [0.05, 0.1) is 22.0 Å². The van der Waals surface area contributed by atoms with Crippen molar-refractivity contribution in [2.45, 2.75) is 5.41 Å². The van der Waals surface area contributed by atoms with Crippen LogP contribution in [0.25, 0.3) is 82.5 Å². The molecule has 2 aromatic heterocycles. The van der Waals surface area contributed by atoms with E-state index in [1.165, 1.54) is 82.3 Å². The van der Waals surface area contributed by atoms with Gasteiger partial charge in [0.1, 0.15) is 0 Å². The summed E-state index contributed by atoms with van der Waals surface area (Å²) < 4.78 is 2.36. The van der Waals surface area contributed by atoms with Crippen LogP contribution in [-0.2, 0) is 5.41 Å². The monoisotopic (exact) mass is 633 g/mol. The Morgan fingerprint density at radius 3 is 1.78 bits per heavy atom. The topological polar surface area (TPSA) is 30.7 Å². The van der Waals surface area contributed by atoms with Crippen LogP contribution in [0.4, 0.5) is 0 Å². The van der Waals surface area contributed by atoms with Gasteiger partial charge in [-0.15, -0.1) is 0 Å². The van der Waals surface area contributed by atoms with Crippen molar-refractivity contribution < 1.29 is 0 Å². The zero-order chi connectivity index (χ0) is 32.6. The lowest BCUT2D eigenvalue weighted by atomic mass is 9.70. The number of rotatable bonds is 1. The Labute approximate surface area is 287 Å². The van der Waals surface area contributed by atoms with Crippen molar-refractivity contribution in [1.82, 2.24) is 14.5 Å². The lowest BCUT2D eigenvalue weighted by Gasteiger charge is -2.31. The van der Waals surface area contributed by atoms with E-state index in [4.69, 9.17) is 9.97 Å². The molecule has 0 N–H and O–H groups in total. The summed E-state index contributed by atoms with van der Waals surface area (Å²) in [5.41, 5.74) is 13.1. The highest BCUT2D eigenvalue weighted by Crippen LogP contribution is 2.65. The zero-order valence-electron chi connectivity index (χ0n) is 26.9. The van der Waals surface area contributed by atoms with Crippen LogP contribution >= 0.6 is 0 Å². The quantitative estimate of drug-likeness (QED) is 0.168. The number of hydrogen-bond donors (Lipinski definition) is 0. The molecule has 3 heteroatoms. The first-order valence-corrected chi connectivity index (χ1v) is 17.3. The Morgan fingerprint density at radius 1 is 0.480 bits per heavy atom. The molecule has 10 aromatic rings. The maximum Gasteiger partial charge on any atom is 0.235 e. The molecule has 50 heavy (non-hydrogen) atoms. The standard InChI is InChI=1S/C47H27N3/c1-2-14-29-26-40-30(25-28(29)13-1)27-48-46(49-40)50-41-24-12-8-20-36(41)43-34-18-4-3-17-33(34)42-35-19-7-11-23-39(35)47(44(42)45(43)50)37-21-9-5-15-31(37)32-16-6-10-22-38(32)47/h1-27H. The van der Waals surface area contributed by atoms with Crippen LogP contribution in [0.2, 0.25) is 0 Å². The third-order valence-corrected chi connectivity index (χ3v) is 11.4. The number of fused-ring (bicyclic) bond motifs is 19. The largest absolute Gasteiger partial charge is 0.278 e. The maximum absolute atomic E-state index is 5.38. The predicted octanol–water partition coefficient (Wildman–Crippen LogP) is 11.4. The molecule has 1 spiro atoms. The molecule has 0 saturated heterocycles. The summed E-state index contributed by atoms with van der Waals surface area (Å²) in [7, 11) is 0. The highest BCUT2D eigenvalue weighted by Gasteiger charge is 2.53. The Balaban J connectivity index is 1.34. The van der Waals surface area contributed by atoms with Gasteiger partial charge in [-0.3, -0.25) is 4.57 Å². The van der Waals surface area contributed by atoms with E-state index < -0.39 is 5.41 Å². The van der Waals surface area contributed by atoms with Gasteiger partial charge in [-0.1, -0.05) is 140 Å². The van der Waals surface area contributed by atoms with E-state index in [0.717, 1.165) is 16.4 Å². The van der Waals surface area contributed by atoms with Gasteiger partial charge in [0.2, 0.25) is 5.95 Å². The number of para-hydroxylation sites is 1. The lowest BCUT2D eigenvalue weighted by molar-refractivity contribution is 0.796. The van der Waals surface area contributed by atoms with E-state index in [-0.39, 0.29) is 0 Å². The van der Waals surface area contributed by atoms with Crippen LogP contribution in [0.1, 0.15) is 22.3 Å². The Kier molecular flexibility index (Phi) is 4.91. The van der Waals surface area contributed by atoms with Crippen LogP contribution in [0.15, 0.2) is 164 Å². The molecule has 230 valence electrons. The molecule has 0 saturated carbocycles. The number of aromatic nitrogens is 3. The average Bonchev–Trinajstić information content (AvgIpc) is 3.79. The summed E-state index contributed by atoms with van der Waals surface area (Å²) in [6, 6.07) is 57.8. The summed E-state index contributed by atoms with van der Waals surface area (Å²) >= 11 is 0. The van der Waals surface area contributed by atoms with Gasteiger partial charge in [-0.2, -0.15) is 0 Å². The van der Waals surface area contributed by atoms with Crippen LogP contribution in [0, 0.1) is 0 Å². The number of benzene rings is 8. The lowest BCUT2D eigenvalue weighted by Crippen LogP contribution is -2.26. The molecule has 0 bridgehead atoms. The van der Waals surface area contributed by atoms with E-state index >= 15 is 0 Å². The van der Waals surface area contributed by atoms with Gasteiger partial charge in [0.15, 0.2) is 0 Å². The molecule has 12 rings (SSSR count). The second-order valence-corrected chi connectivity index (χ2v) is 13.7. The van der Waals surface area contributed by atoms with E-state index in [9.17, 15) is 0 Å². The highest BCUT2D eigenvalue weighted by molar-refractivity contribution is 6.27. The molecule has 8 aromatic carbocycles. The fourth-order valence-electron chi connectivity index (χ4n) is 9.55. The number of nitrogens with zero attached hydrogens (tertiary/aromatic N) is 3. The van der Waals surface area contributed by atoms with Crippen molar-refractivity contribution in [3.8, 4) is 28.2 Å².